The summed E-state index contributed by atoms with van der Waals surface area (Å²) < 4.78 is 0. The zero-order valence-corrected chi connectivity index (χ0v) is 8.28. The Hall–Kier alpha value is -1.64. The lowest BCUT2D eigenvalue weighted by Gasteiger charge is -2.07. The van der Waals surface area contributed by atoms with Crippen LogP contribution in [0.2, 0.25) is 0 Å². The third-order valence-corrected chi connectivity index (χ3v) is 2.06. The summed E-state index contributed by atoms with van der Waals surface area (Å²) in [7, 11) is 0. The molecule has 0 spiro atoms. The molecule has 0 bridgehead atoms. The average Bonchev–Trinajstić information content (AvgIpc) is 2.16. The third kappa shape index (κ3) is 1.82. The lowest BCUT2D eigenvalue weighted by molar-refractivity contribution is -0.386. The summed E-state index contributed by atoms with van der Waals surface area (Å²) >= 11 is 0. The number of nitro benzene ring substituents is 1. The van der Waals surface area contributed by atoms with Gasteiger partial charge in [-0.1, -0.05) is 32.6 Å². The predicted molar refractivity (Wildman–Crippen MR) is 55.2 cm³/mol. The minimum absolute atomic E-state index is 0.123. The van der Waals surface area contributed by atoms with Gasteiger partial charge in [-0.05, 0) is 18.1 Å². The van der Waals surface area contributed by atoms with E-state index < -0.39 is 0 Å². The fourth-order valence-electron chi connectivity index (χ4n) is 1.37. The molecule has 0 fully saturated rings. The van der Waals surface area contributed by atoms with Gasteiger partial charge in [-0.25, -0.2) is 0 Å². The molecule has 1 rings (SSSR count). The molecule has 0 saturated carbocycles. The van der Waals surface area contributed by atoms with Crippen LogP contribution in [0.1, 0.15) is 30.9 Å². The number of nitrogens with zero attached hydrogens (tertiary/aromatic N) is 1. The van der Waals surface area contributed by atoms with Crippen LogP contribution in [0.25, 0.3) is 0 Å². The van der Waals surface area contributed by atoms with Crippen molar-refractivity contribution >= 4 is 5.69 Å². The largest absolute Gasteiger partial charge is 0.280 e. The van der Waals surface area contributed by atoms with Gasteiger partial charge in [0, 0.05) is 5.56 Å². The van der Waals surface area contributed by atoms with Crippen molar-refractivity contribution in [2.75, 3.05) is 0 Å². The van der Waals surface area contributed by atoms with Gasteiger partial charge in [0.05, 0.1) is 10.5 Å². The molecule has 0 unspecified atom stereocenters. The smallest absolute Gasteiger partial charge is 0.258 e. The Kier molecular flexibility index (Phi) is 3.02. The standard InChI is InChI=1S/C11H12NO2/c1-4-9-6-5-7-10(8(2)3)11(9)12(13)14/h5-8H,1H2,2-3H3. The van der Waals surface area contributed by atoms with E-state index in [1.807, 2.05) is 13.8 Å². The van der Waals surface area contributed by atoms with Gasteiger partial charge >= 0.3 is 0 Å². The molecule has 14 heavy (non-hydrogen) atoms. The first-order valence-corrected chi connectivity index (χ1v) is 4.38. The van der Waals surface area contributed by atoms with E-state index in [0.717, 1.165) is 5.56 Å². The highest BCUT2D eigenvalue weighted by molar-refractivity contribution is 5.51. The molecule has 1 aromatic carbocycles. The van der Waals surface area contributed by atoms with E-state index in [4.69, 9.17) is 0 Å². The van der Waals surface area contributed by atoms with Crippen LogP contribution >= 0.6 is 0 Å². The molecule has 0 N–H and O–H groups in total. The molecule has 0 heterocycles. The summed E-state index contributed by atoms with van der Waals surface area (Å²) in [5.74, 6) is 0.128. The zero-order chi connectivity index (χ0) is 10.7. The average molecular weight is 190 g/mol. The van der Waals surface area contributed by atoms with E-state index in [-0.39, 0.29) is 16.5 Å². The van der Waals surface area contributed by atoms with Crippen LogP contribution in [0.15, 0.2) is 24.8 Å². The summed E-state index contributed by atoms with van der Waals surface area (Å²) in [6.07, 6.45) is 2.58. The van der Waals surface area contributed by atoms with Crippen LogP contribution in [0, 0.1) is 16.2 Å². The normalized spacial score (nSPS) is 10.2. The number of rotatable bonds is 3. The van der Waals surface area contributed by atoms with E-state index in [9.17, 15) is 10.1 Å². The van der Waals surface area contributed by atoms with Gasteiger partial charge in [0.25, 0.3) is 5.69 Å². The number of hydrogen-bond donors (Lipinski definition) is 0. The third-order valence-electron chi connectivity index (χ3n) is 2.06. The molecule has 0 aliphatic carbocycles. The number of nitro groups is 1. The lowest BCUT2D eigenvalue weighted by Crippen LogP contribution is -1.99. The van der Waals surface area contributed by atoms with Crippen molar-refractivity contribution in [1.29, 1.82) is 0 Å². The molecule has 1 radical (unpaired) electrons. The molecular formula is C11H12NO2. The second kappa shape index (κ2) is 4.05. The molecule has 0 atom stereocenters. The van der Waals surface area contributed by atoms with Crippen LogP contribution in [-0.2, 0) is 0 Å². The molecule has 1 aromatic rings. The van der Waals surface area contributed by atoms with Crippen LogP contribution < -0.4 is 0 Å². The molecule has 0 aliphatic heterocycles. The second-order valence-corrected chi connectivity index (χ2v) is 3.33. The van der Waals surface area contributed by atoms with Gasteiger partial charge in [0.1, 0.15) is 0 Å². The SMILES string of the molecule is C=[C]c1cccc(C(C)C)c1[N+](=O)[O-]. The molecule has 0 amide bonds. The highest BCUT2D eigenvalue weighted by Gasteiger charge is 2.19. The van der Waals surface area contributed by atoms with Crippen LogP contribution in [0.3, 0.4) is 0 Å². The maximum atomic E-state index is 10.8. The van der Waals surface area contributed by atoms with Gasteiger partial charge in [0.2, 0.25) is 0 Å². The van der Waals surface area contributed by atoms with Crippen LogP contribution in [0.5, 0.6) is 0 Å². The Morgan fingerprint density at radius 2 is 2.14 bits per heavy atom. The van der Waals surface area contributed by atoms with Gasteiger partial charge in [-0.2, -0.15) is 0 Å². The molecule has 73 valence electrons. The van der Waals surface area contributed by atoms with E-state index >= 15 is 0 Å². The molecule has 0 aliphatic rings. The molecule has 0 aromatic heterocycles. The summed E-state index contributed by atoms with van der Waals surface area (Å²) in [5.41, 5.74) is 1.31. The number of hydrogen-bond acceptors (Lipinski definition) is 2. The van der Waals surface area contributed by atoms with Crippen molar-refractivity contribution in [3.05, 3.63) is 52.1 Å². The fourth-order valence-corrected chi connectivity index (χ4v) is 1.37. The van der Waals surface area contributed by atoms with E-state index in [2.05, 4.69) is 12.7 Å². The van der Waals surface area contributed by atoms with Crippen LogP contribution in [-0.4, -0.2) is 4.92 Å². The maximum Gasteiger partial charge on any atom is 0.280 e. The highest BCUT2D eigenvalue weighted by Crippen LogP contribution is 2.29. The summed E-state index contributed by atoms with van der Waals surface area (Å²) in [4.78, 5) is 10.5. The predicted octanol–water partition coefficient (Wildman–Crippen LogP) is 3.06. The van der Waals surface area contributed by atoms with Crippen molar-refractivity contribution in [2.24, 2.45) is 0 Å². The maximum absolute atomic E-state index is 10.8. The first-order valence-electron chi connectivity index (χ1n) is 4.38. The summed E-state index contributed by atoms with van der Waals surface area (Å²) in [5, 5.41) is 10.8. The Balaban J connectivity index is 3.43. The van der Waals surface area contributed by atoms with E-state index in [1.54, 1.807) is 18.2 Å². The Morgan fingerprint density at radius 3 is 2.57 bits per heavy atom. The van der Waals surface area contributed by atoms with Crippen molar-refractivity contribution in [3.8, 4) is 0 Å². The zero-order valence-electron chi connectivity index (χ0n) is 8.28. The fraction of sp³-hybridized carbons (Fsp3) is 0.273. The van der Waals surface area contributed by atoms with Gasteiger partial charge in [0.15, 0.2) is 0 Å². The first kappa shape index (κ1) is 10.4. The molecular weight excluding hydrogens is 178 g/mol. The topological polar surface area (TPSA) is 43.1 Å². The Morgan fingerprint density at radius 1 is 1.50 bits per heavy atom. The van der Waals surface area contributed by atoms with Gasteiger partial charge in [-0.3, -0.25) is 10.1 Å². The quantitative estimate of drug-likeness (QED) is 0.543. The lowest BCUT2D eigenvalue weighted by atomic mass is 9.98. The van der Waals surface area contributed by atoms with E-state index in [0.29, 0.717) is 5.56 Å². The number of benzene rings is 1. The molecule has 0 saturated heterocycles. The van der Waals surface area contributed by atoms with E-state index in [1.165, 1.54) is 0 Å². The second-order valence-electron chi connectivity index (χ2n) is 3.33. The van der Waals surface area contributed by atoms with Crippen molar-refractivity contribution in [3.63, 3.8) is 0 Å². The highest BCUT2D eigenvalue weighted by atomic mass is 16.6. The van der Waals surface area contributed by atoms with Crippen molar-refractivity contribution < 1.29 is 4.92 Å². The first-order chi connectivity index (χ1) is 6.57. The molecule has 3 heteroatoms. The monoisotopic (exact) mass is 190 g/mol. The van der Waals surface area contributed by atoms with Gasteiger partial charge < -0.3 is 0 Å². The van der Waals surface area contributed by atoms with Crippen LogP contribution in [0.4, 0.5) is 5.69 Å². The number of para-hydroxylation sites is 1. The minimum Gasteiger partial charge on any atom is -0.258 e. The Bertz CT molecular complexity index is 370. The Labute approximate surface area is 83.2 Å². The van der Waals surface area contributed by atoms with Crippen molar-refractivity contribution in [2.45, 2.75) is 19.8 Å². The summed E-state index contributed by atoms with van der Waals surface area (Å²) in [6.45, 7) is 7.30. The molecule has 3 nitrogen and oxygen atoms in total. The summed E-state index contributed by atoms with van der Waals surface area (Å²) in [6, 6.07) is 5.20. The minimum atomic E-state index is -0.372. The van der Waals surface area contributed by atoms with Crippen molar-refractivity contribution in [1.82, 2.24) is 0 Å². The van der Waals surface area contributed by atoms with Gasteiger partial charge in [-0.15, -0.1) is 0 Å².